The number of aliphatic hydroxyl groups is 1. The number of halogens is 2. The van der Waals surface area contributed by atoms with Gasteiger partial charge in [0.2, 0.25) is 0 Å². The molecule has 0 radical (unpaired) electrons. The fourth-order valence-electron chi connectivity index (χ4n) is 2.25. The third-order valence-electron chi connectivity index (χ3n) is 3.45. The second kappa shape index (κ2) is 6.65. The predicted molar refractivity (Wildman–Crippen MR) is 76.1 cm³/mol. The standard InChI is InChI=1S/C16H17F2NO2/c1-21-15-8-11(4-7-14(15)18)16(20)13(9-19)10-2-5-12(17)6-3-10/h2-8,13,16,20H,9,19H2,1H3. The van der Waals surface area contributed by atoms with Crippen LogP contribution in [0.5, 0.6) is 5.75 Å². The highest BCUT2D eigenvalue weighted by Gasteiger charge is 2.22. The van der Waals surface area contributed by atoms with E-state index in [-0.39, 0.29) is 18.1 Å². The number of rotatable bonds is 5. The summed E-state index contributed by atoms with van der Waals surface area (Å²) in [6.45, 7) is 0.173. The van der Waals surface area contributed by atoms with E-state index in [4.69, 9.17) is 10.5 Å². The van der Waals surface area contributed by atoms with Crippen LogP contribution in [-0.2, 0) is 0 Å². The molecule has 3 nitrogen and oxygen atoms in total. The van der Waals surface area contributed by atoms with E-state index < -0.39 is 17.8 Å². The third-order valence-corrected chi connectivity index (χ3v) is 3.45. The first-order chi connectivity index (χ1) is 10.1. The van der Waals surface area contributed by atoms with Gasteiger partial charge in [0.15, 0.2) is 11.6 Å². The first-order valence-electron chi connectivity index (χ1n) is 6.54. The van der Waals surface area contributed by atoms with Crippen molar-refractivity contribution in [1.82, 2.24) is 0 Å². The highest BCUT2D eigenvalue weighted by molar-refractivity contribution is 5.34. The van der Waals surface area contributed by atoms with Gasteiger partial charge < -0.3 is 15.6 Å². The molecule has 0 aromatic heterocycles. The van der Waals surface area contributed by atoms with Crippen LogP contribution in [0.2, 0.25) is 0 Å². The molecule has 2 aromatic rings. The van der Waals surface area contributed by atoms with Gasteiger partial charge in [-0.15, -0.1) is 0 Å². The summed E-state index contributed by atoms with van der Waals surface area (Å²) in [7, 11) is 1.36. The number of nitrogens with two attached hydrogens (primary N) is 1. The second-order valence-electron chi connectivity index (χ2n) is 4.73. The maximum Gasteiger partial charge on any atom is 0.165 e. The molecule has 112 valence electrons. The monoisotopic (exact) mass is 293 g/mol. The molecule has 0 aliphatic rings. The summed E-state index contributed by atoms with van der Waals surface area (Å²) in [4.78, 5) is 0. The number of benzene rings is 2. The Balaban J connectivity index is 2.31. The maximum absolute atomic E-state index is 13.4. The number of methoxy groups -OCH3 is 1. The van der Waals surface area contributed by atoms with Crippen molar-refractivity contribution in [3.63, 3.8) is 0 Å². The van der Waals surface area contributed by atoms with E-state index >= 15 is 0 Å². The minimum atomic E-state index is -0.935. The van der Waals surface area contributed by atoms with E-state index in [0.29, 0.717) is 5.56 Å². The zero-order valence-electron chi connectivity index (χ0n) is 11.6. The molecule has 0 heterocycles. The lowest BCUT2D eigenvalue weighted by atomic mass is 9.89. The topological polar surface area (TPSA) is 55.5 Å². The van der Waals surface area contributed by atoms with Crippen LogP contribution in [0.4, 0.5) is 8.78 Å². The number of ether oxygens (including phenoxy) is 1. The zero-order chi connectivity index (χ0) is 15.4. The molecule has 0 aliphatic carbocycles. The van der Waals surface area contributed by atoms with Gasteiger partial charge in [0.1, 0.15) is 5.82 Å². The van der Waals surface area contributed by atoms with Gasteiger partial charge in [0.05, 0.1) is 13.2 Å². The number of aliphatic hydroxyl groups excluding tert-OH is 1. The molecule has 2 aromatic carbocycles. The molecule has 5 heteroatoms. The van der Waals surface area contributed by atoms with Gasteiger partial charge >= 0.3 is 0 Å². The van der Waals surface area contributed by atoms with E-state index in [0.717, 1.165) is 5.56 Å². The van der Waals surface area contributed by atoms with Crippen molar-refractivity contribution in [1.29, 1.82) is 0 Å². The molecular weight excluding hydrogens is 276 g/mol. The minimum absolute atomic E-state index is 0.0569. The molecular formula is C16H17F2NO2. The number of hydrogen-bond acceptors (Lipinski definition) is 3. The Morgan fingerprint density at radius 1 is 1.10 bits per heavy atom. The third kappa shape index (κ3) is 3.37. The van der Waals surface area contributed by atoms with Gasteiger partial charge in [-0.25, -0.2) is 8.78 Å². The normalized spacial score (nSPS) is 13.8. The molecule has 0 saturated heterocycles. The average Bonchev–Trinajstić information content (AvgIpc) is 2.50. The summed E-state index contributed by atoms with van der Waals surface area (Å²) in [6.07, 6.45) is -0.935. The van der Waals surface area contributed by atoms with Crippen molar-refractivity contribution in [2.24, 2.45) is 5.73 Å². The SMILES string of the molecule is COc1cc(C(O)C(CN)c2ccc(F)cc2)ccc1F. The van der Waals surface area contributed by atoms with E-state index in [1.807, 2.05) is 0 Å². The highest BCUT2D eigenvalue weighted by atomic mass is 19.1. The predicted octanol–water partition coefficient (Wildman–Crippen LogP) is 2.75. The van der Waals surface area contributed by atoms with Gasteiger partial charge in [-0.3, -0.25) is 0 Å². The molecule has 0 saturated carbocycles. The van der Waals surface area contributed by atoms with Crippen molar-refractivity contribution in [2.75, 3.05) is 13.7 Å². The molecule has 2 atom stereocenters. The van der Waals surface area contributed by atoms with Crippen molar-refractivity contribution in [2.45, 2.75) is 12.0 Å². The van der Waals surface area contributed by atoms with Gasteiger partial charge in [-0.2, -0.15) is 0 Å². The quantitative estimate of drug-likeness (QED) is 0.891. The van der Waals surface area contributed by atoms with Crippen molar-refractivity contribution in [3.05, 3.63) is 65.2 Å². The summed E-state index contributed by atoms with van der Waals surface area (Å²) >= 11 is 0. The molecule has 0 fully saturated rings. The van der Waals surface area contributed by atoms with Crippen LogP contribution in [0.3, 0.4) is 0 Å². The van der Waals surface area contributed by atoms with Gasteiger partial charge in [0.25, 0.3) is 0 Å². The highest BCUT2D eigenvalue weighted by Crippen LogP contribution is 2.32. The Morgan fingerprint density at radius 3 is 2.29 bits per heavy atom. The Labute approximate surface area is 122 Å². The minimum Gasteiger partial charge on any atom is -0.494 e. The van der Waals surface area contributed by atoms with Crippen molar-refractivity contribution >= 4 is 0 Å². The smallest absolute Gasteiger partial charge is 0.165 e. The van der Waals surface area contributed by atoms with Gasteiger partial charge in [-0.05, 0) is 35.4 Å². The summed E-state index contributed by atoms with van der Waals surface area (Å²) < 4.78 is 31.3. The second-order valence-corrected chi connectivity index (χ2v) is 4.73. The molecule has 2 unspecified atom stereocenters. The van der Waals surface area contributed by atoms with Crippen LogP contribution in [-0.4, -0.2) is 18.8 Å². The molecule has 0 spiro atoms. The van der Waals surface area contributed by atoms with Crippen molar-refractivity contribution in [3.8, 4) is 5.75 Å². The van der Waals surface area contributed by atoms with Crippen molar-refractivity contribution < 1.29 is 18.6 Å². The van der Waals surface area contributed by atoms with E-state index in [2.05, 4.69) is 0 Å². The maximum atomic E-state index is 13.4. The number of hydrogen-bond donors (Lipinski definition) is 2. The summed E-state index contributed by atoms with van der Waals surface area (Å²) in [6, 6.07) is 9.94. The van der Waals surface area contributed by atoms with Crippen LogP contribution in [0.15, 0.2) is 42.5 Å². The van der Waals surface area contributed by atoms with Gasteiger partial charge in [-0.1, -0.05) is 18.2 Å². The van der Waals surface area contributed by atoms with E-state index in [1.165, 1.54) is 37.4 Å². The lowest BCUT2D eigenvalue weighted by Gasteiger charge is -2.22. The summed E-state index contributed by atoms with van der Waals surface area (Å²) in [5.41, 5.74) is 6.93. The molecule has 0 bridgehead atoms. The fourth-order valence-corrected chi connectivity index (χ4v) is 2.25. The average molecular weight is 293 g/mol. The molecule has 21 heavy (non-hydrogen) atoms. The van der Waals surface area contributed by atoms with Crippen LogP contribution in [0, 0.1) is 11.6 Å². The van der Waals surface area contributed by atoms with Crippen LogP contribution < -0.4 is 10.5 Å². The Morgan fingerprint density at radius 2 is 1.71 bits per heavy atom. The Bertz CT molecular complexity index is 602. The van der Waals surface area contributed by atoms with E-state index in [9.17, 15) is 13.9 Å². The summed E-state index contributed by atoms with van der Waals surface area (Å²) in [5.74, 6) is -1.21. The lowest BCUT2D eigenvalue weighted by molar-refractivity contribution is 0.147. The first-order valence-corrected chi connectivity index (χ1v) is 6.54. The fraction of sp³-hybridized carbons (Fsp3) is 0.250. The zero-order valence-corrected chi connectivity index (χ0v) is 11.6. The molecule has 0 aliphatic heterocycles. The largest absolute Gasteiger partial charge is 0.494 e. The van der Waals surface area contributed by atoms with E-state index in [1.54, 1.807) is 12.1 Å². The van der Waals surface area contributed by atoms with Crippen LogP contribution in [0.25, 0.3) is 0 Å². The molecule has 3 N–H and O–H groups in total. The molecule has 2 rings (SSSR count). The van der Waals surface area contributed by atoms with Crippen LogP contribution >= 0.6 is 0 Å². The lowest BCUT2D eigenvalue weighted by Crippen LogP contribution is -2.20. The summed E-state index contributed by atoms with van der Waals surface area (Å²) in [5, 5.41) is 10.5. The Kier molecular flexibility index (Phi) is 4.88. The van der Waals surface area contributed by atoms with Crippen LogP contribution in [0.1, 0.15) is 23.1 Å². The first kappa shape index (κ1) is 15.4. The molecule has 0 amide bonds. The Hall–Kier alpha value is -1.98. The van der Waals surface area contributed by atoms with Gasteiger partial charge in [0, 0.05) is 12.5 Å².